The van der Waals surface area contributed by atoms with E-state index in [-0.39, 0.29) is 16.8 Å². The molecule has 0 bridgehead atoms. The number of pyridine rings is 2. The maximum absolute atomic E-state index is 11.7. The van der Waals surface area contributed by atoms with Gasteiger partial charge >= 0.3 is 0 Å². The lowest BCUT2D eigenvalue weighted by atomic mass is 9.95. The quantitative estimate of drug-likeness (QED) is 0.376. The molecular weight excluding hydrogens is 360 g/mol. The third-order valence-electron chi connectivity index (χ3n) is 4.43. The van der Waals surface area contributed by atoms with Crippen molar-refractivity contribution in [2.24, 2.45) is 0 Å². The van der Waals surface area contributed by atoms with E-state index in [1.807, 2.05) is 0 Å². The number of fused-ring (bicyclic) bond motifs is 1. The first-order valence-electron chi connectivity index (χ1n) is 8.26. The number of nitro benzene ring substituents is 2. The van der Waals surface area contributed by atoms with Crippen molar-refractivity contribution < 1.29 is 9.85 Å². The third kappa shape index (κ3) is 3.03. The van der Waals surface area contributed by atoms with E-state index in [1.165, 1.54) is 12.1 Å². The Hall–Kier alpha value is -4.20. The van der Waals surface area contributed by atoms with Crippen molar-refractivity contribution in [1.82, 2.24) is 9.97 Å². The van der Waals surface area contributed by atoms with Gasteiger partial charge in [0, 0.05) is 36.9 Å². The summed E-state index contributed by atoms with van der Waals surface area (Å²) in [6.45, 7) is 0. The molecule has 2 heterocycles. The van der Waals surface area contributed by atoms with Gasteiger partial charge in [0.15, 0.2) is 0 Å². The third-order valence-corrected chi connectivity index (χ3v) is 4.43. The molecule has 0 aliphatic rings. The van der Waals surface area contributed by atoms with Crippen LogP contribution < -0.4 is 0 Å². The second kappa shape index (κ2) is 6.84. The summed E-state index contributed by atoms with van der Waals surface area (Å²) < 4.78 is 0. The van der Waals surface area contributed by atoms with E-state index >= 15 is 0 Å². The van der Waals surface area contributed by atoms with Crippen LogP contribution in [0.3, 0.4) is 0 Å². The molecule has 136 valence electrons. The highest BCUT2D eigenvalue weighted by Gasteiger charge is 2.25. The first-order chi connectivity index (χ1) is 13.5. The lowest BCUT2D eigenvalue weighted by molar-refractivity contribution is -0.390. The van der Waals surface area contributed by atoms with Crippen LogP contribution in [0.4, 0.5) is 11.4 Å². The van der Waals surface area contributed by atoms with Gasteiger partial charge in [-0.15, -0.1) is 0 Å². The van der Waals surface area contributed by atoms with E-state index in [1.54, 1.807) is 61.2 Å². The summed E-state index contributed by atoms with van der Waals surface area (Å²) in [5.41, 5.74) is 2.02. The van der Waals surface area contributed by atoms with Crippen LogP contribution in [0.2, 0.25) is 0 Å². The average Bonchev–Trinajstić information content (AvgIpc) is 2.73. The summed E-state index contributed by atoms with van der Waals surface area (Å²) in [7, 11) is 0. The van der Waals surface area contributed by atoms with Crippen LogP contribution >= 0.6 is 0 Å². The van der Waals surface area contributed by atoms with Gasteiger partial charge in [0.05, 0.1) is 9.85 Å². The van der Waals surface area contributed by atoms with E-state index in [0.29, 0.717) is 16.5 Å². The van der Waals surface area contributed by atoms with Crippen LogP contribution in [0, 0.1) is 20.2 Å². The van der Waals surface area contributed by atoms with E-state index in [4.69, 9.17) is 0 Å². The molecule has 0 aliphatic heterocycles. The highest BCUT2D eigenvalue weighted by atomic mass is 16.6. The molecule has 0 radical (unpaired) electrons. The average molecular weight is 372 g/mol. The SMILES string of the molecule is O=[N+]([O-])c1cc(-c2ccncc2)cc2cc(-c3ccncc3)cc([N+](=O)[O-])c12. The highest BCUT2D eigenvalue weighted by Crippen LogP contribution is 2.40. The molecule has 8 nitrogen and oxygen atoms in total. The molecule has 28 heavy (non-hydrogen) atoms. The first kappa shape index (κ1) is 17.2. The lowest BCUT2D eigenvalue weighted by Crippen LogP contribution is -1.97. The molecule has 0 unspecified atom stereocenters. The minimum absolute atomic E-state index is 0.00520. The Bertz CT molecular complexity index is 1120. The van der Waals surface area contributed by atoms with Crippen molar-refractivity contribution in [3.05, 3.63) is 93.5 Å². The van der Waals surface area contributed by atoms with Crippen molar-refractivity contribution in [3.8, 4) is 22.3 Å². The number of rotatable bonds is 4. The van der Waals surface area contributed by atoms with Crippen molar-refractivity contribution in [2.75, 3.05) is 0 Å². The second-order valence-corrected chi connectivity index (χ2v) is 6.07. The van der Waals surface area contributed by atoms with Crippen LogP contribution in [-0.4, -0.2) is 19.8 Å². The Labute approximate surface area is 158 Å². The van der Waals surface area contributed by atoms with Gasteiger partial charge in [0.1, 0.15) is 5.39 Å². The van der Waals surface area contributed by atoms with Gasteiger partial charge in [-0.05, 0) is 64.0 Å². The van der Waals surface area contributed by atoms with Crippen molar-refractivity contribution in [3.63, 3.8) is 0 Å². The predicted octanol–water partition coefficient (Wildman–Crippen LogP) is 4.78. The zero-order chi connectivity index (χ0) is 19.7. The van der Waals surface area contributed by atoms with Crippen molar-refractivity contribution >= 4 is 22.1 Å². The van der Waals surface area contributed by atoms with Crippen LogP contribution in [0.15, 0.2) is 73.3 Å². The number of aromatic nitrogens is 2. The molecule has 0 saturated carbocycles. The Morgan fingerprint density at radius 1 is 0.607 bits per heavy atom. The molecule has 4 rings (SSSR count). The zero-order valence-corrected chi connectivity index (χ0v) is 14.4. The summed E-state index contributed by atoms with van der Waals surface area (Å²) in [6.07, 6.45) is 6.34. The number of hydrogen-bond acceptors (Lipinski definition) is 6. The Kier molecular flexibility index (Phi) is 4.21. The van der Waals surface area contributed by atoms with E-state index in [9.17, 15) is 20.2 Å². The van der Waals surface area contributed by atoms with Crippen LogP contribution in [0.25, 0.3) is 33.0 Å². The molecule has 0 saturated heterocycles. The molecule has 0 fully saturated rings. The number of hydrogen-bond donors (Lipinski definition) is 0. The Morgan fingerprint density at radius 2 is 1.00 bits per heavy atom. The van der Waals surface area contributed by atoms with Crippen molar-refractivity contribution in [2.45, 2.75) is 0 Å². The Morgan fingerprint density at radius 3 is 1.36 bits per heavy atom. The molecule has 0 atom stereocenters. The van der Waals surface area contributed by atoms with Gasteiger partial charge in [0.2, 0.25) is 0 Å². The second-order valence-electron chi connectivity index (χ2n) is 6.07. The van der Waals surface area contributed by atoms with Crippen LogP contribution in [0.1, 0.15) is 0 Å². The monoisotopic (exact) mass is 372 g/mol. The summed E-state index contributed by atoms with van der Waals surface area (Å²) in [4.78, 5) is 30.1. The fourth-order valence-electron chi connectivity index (χ4n) is 3.18. The maximum atomic E-state index is 11.7. The van der Waals surface area contributed by atoms with Crippen LogP contribution in [-0.2, 0) is 0 Å². The van der Waals surface area contributed by atoms with E-state index in [0.717, 1.165) is 11.1 Å². The topological polar surface area (TPSA) is 112 Å². The smallest absolute Gasteiger partial charge is 0.265 e. The maximum Gasteiger partial charge on any atom is 0.284 e. The highest BCUT2D eigenvalue weighted by molar-refractivity contribution is 6.03. The molecule has 2 aromatic heterocycles. The number of non-ortho nitro benzene ring substituents is 2. The summed E-state index contributed by atoms with van der Waals surface area (Å²) >= 11 is 0. The molecule has 4 aromatic rings. The predicted molar refractivity (Wildman–Crippen MR) is 104 cm³/mol. The molecule has 0 N–H and O–H groups in total. The number of benzene rings is 2. The normalized spacial score (nSPS) is 10.7. The zero-order valence-electron chi connectivity index (χ0n) is 14.4. The first-order valence-corrected chi connectivity index (χ1v) is 8.26. The van der Waals surface area contributed by atoms with Gasteiger partial charge in [0.25, 0.3) is 11.4 Å². The Balaban J connectivity index is 2.08. The summed E-state index contributed by atoms with van der Waals surface area (Å²) in [6, 6.07) is 13.1. The molecule has 0 aliphatic carbocycles. The molecule has 2 aromatic carbocycles. The molecule has 0 spiro atoms. The van der Waals surface area contributed by atoms with E-state index < -0.39 is 9.85 Å². The fourth-order valence-corrected chi connectivity index (χ4v) is 3.18. The minimum Gasteiger partial charge on any atom is -0.265 e. The van der Waals surface area contributed by atoms with Crippen molar-refractivity contribution in [1.29, 1.82) is 0 Å². The van der Waals surface area contributed by atoms with Gasteiger partial charge < -0.3 is 0 Å². The summed E-state index contributed by atoms with van der Waals surface area (Å²) in [5, 5.41) is 23.8. The van der Waals surface area contributed by atoms with Gasteiger partial charge in [-0.3, -0.25) is 30.2 Å². The van der Waals surface area contributed by atoms with Gasteiger partial charge in [-0.25, -0.2) is 0 Å². The summed E-state index contributed by atoms with van der Waals surface area (Å²) in [5.74, 6) is 0. The standard InChI is InChI=1S/C20H12N4O4/c25-23(26)18-11-15(13-1-5-21-6-2-13)9-17-10-16(14-3-7-22-8-4-14)12-19(20(17)18)24(27)28/h1-12H. The van der Waals surface area contributed by atoms with Gasteiger partial charge in [-0.1, -0.05) is 0 Å². The fraction of sp³-hybridized carbons (Fsp3) is 0. The molecule has 8 heteroatoms. The van der Waals surface area contributed by atoms with E-state index in [2.05, 4.69) is 9.97 Å². The van der Waals surface area contributed by atoms with Gasteiger partial charge in [-0.2, -0.15) is 0 Å². The van der Waals surface area contributed by atoms with Crippen LogP contribution in [0.5, 0.6) is 0 Å². The largest absolute Gasteiger partial charge is 0.284 e. The lowest BCUT2D eigenvalue weighted by Gasteiger charge is -2.09. The number of nitrogens with zero attached hydrogens (tertiary/aromatic N) is 4. The minimum atomic E-state index is -0.591. The molecule has 0 amide bonds. The number of nitro groups is 2. The molecular formula is C20H12N4O4.